The number of carboxylic acids is 1. The number of benzene rings is 2. The molecule has 11 heteroatoms. The standard InChI is InChI=1S/C21H21ClF3NO6/c1-30-17-7-2-13(9-18(20(28)29)32-12-21(23,24)25)8-14(17)10-26-19(27)11-31-16-5-3-15(22)4-6-16/h2-8,18H,9-12H2,1H3,(H,26,27)(H,28,29). The van der Waals surface area contributed by atoms with Gasteiger partial charge in [-0.1, -0.05) is 23.7 Å². The molecule has 2 N–H and O–H groups in total. The zero-order valence-corrected chi connectivity index (χ0v) is 17.7. The fraction of sp³-hybridized carbons (Fsp3) is 0.333. The lowest BCUT2D eigenvalue weighted by Crippen LogP contribution is -2.31. The van der Waals surface area contributed by atoms with Crippen molar-refractivity contribution in [2.45, 2.75) is 25.2 Å². The quantitative estimate of drug-likeness (QED) is 0.515. The molecule has 32 heavy (non-hydrogen) atoms. The van der Waals surface area contributed by atoms with Gasteiger partial charge in [0.15, 0.2) is 12.7 Å². The zero-order valence-electron chi connectivity index (χ0n) is 16.9. The Morgan fingerprint density at radius 1 is 1.16 bits per heavy atom. The predicted octanol–water partition coefficient (Wildman–Crippen LogP) is 3.62. The van der Waals surface area contributed by atoms with E-state index in [4.69, 9.17) is 26.2 Å². The fourth-order valence-electron chi connectivity index (χ4n) is 2.65. The third kappa shape index (κ3) is 8.64. The van der Waals surface area contributed by atoms with E-state index in [1.54, 1.807) is 24.3 Å². The summed E-state index contributed by atoms with van der Waals surface area (Å²) in [6.07, 6.45) is -6.62. The van der Waals surface area contributed by atoms with Gasteiger partial charge in [0.25, 0.3) is 5.91 Å². The van der Waals surface area contributed by atoms with E-state index in [0.29, 0.717) is 27.6 Å². The van der Waals surface area contributed by atoms with Crippen LogP contribution in [0.15, 0.2) is 42.5 Å². The van der Waals surface area contributed by atoms with Crippen LogP contribution >= 0.6 is 11.6 Å². The summed E-state index contributed by atoms with van der Waals surface area (Å²) in [6.45, 7) is -1.90. The molecular formula is C21H21ClF3NO6. The largest absolute Gasteiger partial charge is 0.496 e. The van der Waals surface area contributed by atoms with Crippen LogP contribution in [0.3, 0.4) is 0 Å². The van der Waals surface area contributed by atoms with Crippen LogP contribution in [-0.4, -0.2) is 49.6 Å². The second-order valence-electron chi connectivity index (χ2n) is 6.62. The van der Waals surface area contributed by atoms with Crippen molar-refractivity contribution >= 4 is 23.5 Å². The lowest BCUT2D eigenvalue weighted by molar-refractivity contribution is -0.192. The molecule has 0 spiro atoms. The Balaban J connectivity index is 1.98. The summed E-state index contributed by atoms with van der Waals surface area (Å²) in [6, 6.07) is 11.0. The first kappa shape index (κ1) is 25.3. The van der Waals surface area contributed by atoms with Crippen LogP contribution in [0.25, 0.3) is 0 Å². The first-order chi connectivity index (χ1) is 15.1. The predicted molar refractivity (Wildman–Crippen MR) is 109 cm³/mol. The fourth-order valence-corrected chi connectivity index (χ4v) is 2.77. The van der Waals surface area contributed by atoms with E-state index in [9.17, 15) is 22.8 Å². The van der Waals surface area contributed by atoms with Gasteiger partial charge in [-0.05, 0) is 35.9 Å². The normalized spacial score (nSPS) is 12.2. The van der Waals surface area contributed by atoms with Gasteiger partial charge in [-0.3, -0.25) is 4.79 Å². The molecule has 0 aliphatic carbocycles. The molecule has 174 valence electrons. The van der Waals surface area contributed by atoms with Crippen molar-refractivity contribution in [1.29, 1.82) is 0 Å². The van der Waals surface area contributed by atoms with Crippen LogP contribution < -0.4 is 14.8 Å². The van der Waals surface area contributed by atoms with Gasteiger partial charge in [0.05, 0.1) is 7.11 Å². The van der Waals surface area contributed by atoms with Crippen LogP contribution in [0.1, 0.15) is 11.1 Å². The number of amides is 1. The van der Waals surface area contributed by atoms with Gasteiger partial charge in [-0.25, -0.2) is 4.79 Å². The monoisotopic (exact) mass is 475 g/mol. The number of alkyl halides is 3. The van der Waals surface area contributed by atoms with E-state index in [2.05, 4.69) is 10.1 Å². The first-order valence-corrected chi connectivity index (χ1v) is 9.67. The summed E-state index contributed by atoms with van der Waals surface area (Å²) < 4.78 is 52.1. The van der Waals surface area contributed by atoms with Gasteiger partial charge in [-0.2, -0.15) is 13.2 Å². The van der Waals surface area contributed by atoms with Gasteiger partial charge in [0, 0.05) is 23.6 Å². The van der Waals surface area contributed by atoms with Crippen molar-refractivity contribution < 1.29 is 42.1 Å². The molecule has 0 aliphatic heterocycles. The Morgan fingerprint density at radius 2 is 1.84 bits per heavy atom. The highest BCUT2D eigenvalue weighted by molar-refractivity contribution is 6.30. The van der Waals surface area contributed by atoms with Gasteiger partial charge < -0.3 is 24.6 Å². The maximum absolute atomic E-state index is 12.4. The molecule has 0 aliphatic rings. The van der Waals surface area contributed by atoms with E-state index < -0.39 is 30.8 Å². The van der Waals surface area contributed by atoms with Crippen LogP contribution in [0.2, 0.25) is 5.02 Å². The molecule has 0 saturated carbocycles. The Labute approximate surface area is 187 Å². The molecule has 7 nitrogen and oxygen atoms in total. The number of carboxylic acid groups (broad SMARTS) is 1. The molecule has 1 amide bonds. The van der Waals surface area contributed by atoms with Gasteiger partial charge in [0.1, 0.15) is 18.1 Å². The molecule has 2 rings (SSSR count). The van der Waals surface area contributed by atoms with Crippen molar-refractivity contribution in [1.82, 2.24) is 5.32 Å². The highest BCUT2D eigenvalue weighted by Crippen LogP contribution is 2.22. The highest BCUT2D eigenvalue weighted by atomic mass is 35.5. The molecule has 0 heterocycles. The average molecular weight is 476 g/mol. The minimum absolute atomic E-state index is 0.0287. The van der Waals surface area contributed by atoms with Crippen LogP contribution in [0.5, 0.6) is 11.5 Å². The summed E-state index contributed by atoms with van der Waals surface area (Å²) in [5.74, 6) is -1.07. The first-order valence-electron chi connectivity index (χ1n) is 9.29. The number of nitrogens with one attached hydrogen (secondary N) is 1. The Bertz CT molecular complexity index is 921. The number of carbonyl (C=O) groups is 2. The number of hydrogen-bond acceptors (Lipinski definition) is 5. The topological polar surface area (TPSA) is 94.1 Å². The Hall–Kier alpha value is -2.98. The molecule has 0 aromatic heterocycles. The van der Waals surface area contributed by atoms with Crippen LogP contribution in [-0.2, 0) is 27.3 Å². The molecule has 1 unspecified atom stereocenters. The van der Waals surface area contributed by atoms with E-state index in [1.807, 2.05) is 0 Å². The lowest BCUT2D eigenvalue weighted by atomic mass is 10.0. The Morgan fingerprint density at radius 3 is 2.44 bits per heavy atom. The second-order valence-corrected chi connectivity index (χ2v) is 7.06. The SMILES string of the molecule is COc1ccc(CC(OCC(F)(F)F)C(=O)O)cc1CNC(=O)COc1ccc(Cl)cc1. The second kappa shape index (κ2) is 11.6. The van der Waals surface area contributed by atoms with E-state index in [0.717, 1.165) is 0 Å². The third-order valence-corrected chi connectivity index (χ3v) is 4.40. The van der Waals surface area contributed by atoms with Crippen molar-refractivity contribution in [3.8, 4) is 11.5 Å². The van der Waals surface area contributed by atoms with Crippen molar-refractivity contribution in [3.05, 3.63) is 58.6 Å². The molecule has 1 atom stereocenters. The van der Waals surface area contributed by atoms with E-state index in [-0.39, 0.29) is 19.6 Å². The maximum Gasteiger partial charge on any atom is 0.411 e. The highest BCUT2D eigenvalue weighted by Gasteiger charge is 2.31. The van der Waals surface area contributed by atoms with Crippen LogP contribution in [0, 0.1) is 0 Å². The number of aliphatic carboxylic acids is 1. The summed E-state index contributed by atoms with van der Waals surface area (Å²) >= 11 is 5.78. The van der Waals surface area contributed by atoms with Gasteiger partial charge in [-0.15, -0.1) is 0 Å². The van der Waals surface area contributed by atoms with E-state index in [1.165, 1.54) is 25.3 Å². The number of ether oxygens (including phenoxy) is 3. The molecule has 0 radical (unpaired) electrons. The van der Waals surface area contributed by atoms with Crippen molar-refractivity contribution in [2.24, 2.45) is 0 Å². The summed E-state index contributed by atoms with van der Waals surface area (Å²) in [4.78, 5) is 23.3. The number of rotatable bonds is 11. The Kier molecular flexibility index (Phi) is 9.15. The lowest BCUT2D eigenvalue weighted by Gasteiger charge is -2.17. The summed E-state index contributed by atoms with van der Waals surface area (Å²) in [5.41, 5.74) is 0.909. The number of methoxy groups -OCH3 is 1. The third-order valence-electron chi connectivity index (χ3n) is 4.15. The average Bonchev–Trinajstić information content (AvgIpc) is 2.74. The minimum atomic E-state index is -4.64. The summed E-state index contributed by atoms with van der Waals surface area (Å²) in [5, 5.41) is 12.3. The van der Waals surface area contributed by atoms with Crippen LogP contribution in [0.4, 0.5) is 13.2 Å². The molecule has 0 saturated heterocycles. The minimum Gasteiger partial charge on any atom is -0.496 e. The smallest absolute Gasteiger partial charge is 0.411 e. The van der Waals surface area contributed by atoms with E-state index >= 15 is 0 Å². The maximum atomic E-state index is 12.4. The molecule has 2 aromatic rings. The molecule has 2 aromatic carbocycles. The molecular weight excluding hydrogens is 455 g/mol. The molecule has 0 bridgehead atoms. The van der Waals surface area contributed by atoms with Gasteiger partial charge >= 0.3 is 12.1 Å². The van der Waals surface area contributed by atoms with Gasteiger partial charge in [0.2, 0.25) is 0 Å². The zero-order chi connectivity index (χ0) is 23.7. The van der Waals surface area contributed by atoms with Crippen molar-refractivity contribution in [3.63, 3.8) is 0 Å². The number of hydrogen-bond donors (Lipinski definition) is 2. The van der Waals surface area contributed by atoms with Crippen molar-refractivity contribution in [2.75, 3.05) is 20.3 Å². The number of halogens is 4. The molecule has 0 fully saturated rings. The number of carbonyl (C=O) groups excluding carboxylic acids is 1. The summed E-state index contributed by atoms with van der Waals surface area (Å²) in [7, 11) is 1.41.